The smallest absolute Gasteiger partial charge is 0.383 e. The Hall–Kier alpha value is -3.86. The van der Waals surface area contributed by atoms with Crippen molar-refractivity contribution < 1.29 is 39.8 Å². The second-order valence-corrected chi connectivity index (χ2v) is 14.4. The Bertz CT molecular complexity index is 1920. The van der Waals surface area contributed by atoms with Gasteiger partial charge in [-0.3, -0.25) is 14.3 Å². The number of nitrogens with zero attached hydrogens (tertiary/aromatic N) is 4. The first kappa shape index (κ1) is 37.4. The molecule has 50 heavy (non-hydrogen) atoms. The minimum absolute atomic E-state index is 0.0308. The molecule has 5 rings (SSSR count). The van der Waals surface area contributed by atoms with E-state index >= 15 is 8.78 Å². The zero-order chi connectivity index (χ0) is 36.4. The number of hydrogen-bond acceptors (Lipinski definition) is 8. The standard InChI is InChI=1S/C34H41F5N6O4S/c1-20(2)45-32-26(21-8-10-23(11-9-21)44(12-14-48-3)13-15-49-4)19-41-33(40)30(32)31(42-45)25-17-28(36)29(18-27(25)35)43-50(46,47)24-7-5-6-22(16-24)34(37,38)39/h5-7,16-21,23,43H,8-15H2,1-4H3,(H2,40,41)/t21-,23-. The summed E-state index contributed by atoms with van der Waals surface area (Å²) in [6.45, 7) is 6.61. The summed E-state index contributed by atoms with van der Waals surface area (Å²) < 4.78 is 111. The predicted molar refractivity (Wildman–Crippen MR) is 180 cm³/mol. The number of pyridine rings is 1. The Balaban J connectivity index is 1.48. The van der Waals surface area contributed by atoms with E-state index in [2.05, 4.69) is 15.0 Å². The maximum atomic E-state index is 15.9. The van der Waals surface area contributed by atoms with Gasteiger partial charge in [0, 0.05) is 57.2 Å². The number of rotatable bonds is 13. The summed E-state index contributed by atoms with van der Waals surface area (Å²) in [5, 5.41) is 5.02. The van der Waals surface area contributed by atoms with E-state index in [0.29, 0.717) is 48.4 Å². The van der Waals surface area contributed by atoms with Crippen LogP contribution in [0.15, 0.2) is 47.5 Å². The van der Waals surface area contributed by atoms with Gasteiger partial charge in [-0.25, -0.2) is 22.2 Å². The number of nitrogens with two attached hydrogens (primary N) is 1. The summed E-state index contributed by atoms with van der Waals surface area (Å²) in [5.74, 6) is -2.03. The summed E-state index contributed by atoms with van der Waals surface area (Å²) in [6, 6.07) is 4.51. The van der Waals surface area contributed by atoms with Crippen LogP contribution in [-0.2, 0) is 25.7 Å². The fraction of sp³-hybridized carbons (Fsp3) is 0.471. The topological polar surface area (TPSA) is 125 Å². The average molecular weight is 725 g/mol. The van der Waals surface area contributed by atoms with Crippen molar-refractivity contribution in [3.63, 3.8) is 0 Å². The van der Waals surface area contributed by atoms with Crippen molar-refractivity contribution in [2.24, 2.45) is 0 Å². The van der Waals surface area contributed by atoms with Crippen molar-refractivity contribution in [3.05, 3.63) is 65.4 Å². The van der Waals surface area contributed by atoms with Gasteiger partial charge in [0.25, 0.3) is 10.0 Å². The fourth-order valence-electron chi connectivity index (χ4n) is 6.58. The number of fused-ring (bicyclic) bond motifs is 1. The molecule has 0 amide bonds. The Kier molecular flexibility index (Phi) is 11.3. The maximum absolute atomic E-state index is 15.9. The lowest BCUT2D eigenvalue weighted by atomic mass is 9.81. The van der Waals surface area contributed by atoms with Gasteiger partial charge in [0.05, 0.1) is 40.3 Å². The molecule has 1 aliphatic rings. The van der Waals surface area contributed by atoms with E-state index in [9.17, 15) is 21.6 Å². The molecule has 16 heteroatoms. The number of benzene rings is 2. The maximum Gasteiger partial charge on any atom is 0.416 e. The van der Waals surface area contributed by atoms with Crippen molar-refractivity contribution in [1.29, 1.82) is 0 Å². The van der Waals surface area contributed by atoms with Gasteiger partial charge < -0.3 is 15.2 Å². The number of ether oxygens (including phenoxy) is 2. The minimum Gasteiger partial charge on any atom is -0.383 e. The number of sulfonamides is 1. The summed E-state index contributed by atoms with van der Waals surface area (Å²) in [4.78, 5) is 6.06. The quantitative estimate of drug-likeness (QED) is 0.142. The highest BCUT2D eigenvalue weighted by molar-refractivity contribution is 7.92. The minimum atomic E-state index is -4.81. The van der Waals surface area contributed by atoms with E-state index in [0.717, 1.165) is 62.5 Å². The van der Waals surface area contributed by atoms with E-state index in [1.807, 2.05) is 18.6 Å². The zero-order valence-electron chi connectivity index (χ0n) is 28.2. The van der Waals surface area contributed by atoms with Crippen molar-refractivity contribution in [1.82, 2.24) is 19.7 Å². The zero-order valence-corrected chi connectivity index (χ0v) is 29.0. The lowest BCUT2D eigenvalue weighted by molar-refractivity contribution is -0.137. The third-order valence-electron chi connectivity index (χ3n) is 9.12. The lowest BCUT2D eigenvalue weighted by Crippen LogP contribution is -2.41. The Labute approximate surface area is 287 Å². The SMILES string of the molecule is COCCN(CCOC)[C@H]1CC[C@H](c2cnc(N)c3c(-c4cc(F)c(NS(=O)(=O)c5cccc(C(F)(F)F)c5)cc4F)nn(C(C)C)c32)CC1. The van der Waals surface area contributed by atoms with E-state index in [1.165, 1.54) is 0 Å². The first-order valence-electron chi connectivity index (χ1n) is 16.2. The van der Waals surface area contributed by atoms with Gasteiger partial charge in [-0.05, 0) is 75.3 Å². The number of anilines is 2. The van der Waals surface area contributed by atoms with Crippen LogP contribution in [0.4, 0.5) is 33.5 Å². The third-order valence-corrected chi connectivity index (χ3v) is 10.5. The third kappa shape index (κ3) is 7.87. The normalized spacial score (nSPS) is 17.3. The molecular formula is C34H41F5N6O4S. The second-order valence-electron chi connectivity index (χ2n) is 12.7. The number of aromatic nitrogens is 3. The molecule has 272 valence electrons. The van der Waals surface area contributed by atoms with E-state index < -0.39 is 44.0 Å². The van der Waals surface area contributed by atoms with Crippen LogP contribution >= 0.6 is 0 Å². The molecule has 2 heterocycles. The van der Waals surface area contributed by atoms with Gasteiger partial charge in [-0.2, -0.15) is 18.3 Å². The lowest BCUT2D eigenvalue weighted by Gasteiger charge is -2.37. The van der Waals surface area contributed by atoms with Gasteiger partial charge in [0.2, 0.25) is 0 Å². The van der Waals surface area contributed by atoms with Gasteiger partial charge in [-0.15, -0.1) is 0 Å². The first-order valence-corrected chi connectivity index (χ1v) is 17.7. The highest BCUT2D eigenvalue weighted by Gasteiger charge is 2.33. The van der Waals surface area contributed by atoms with Gasteiger partial charge in [-0.1, -0.05) is 6.07 Å². The molecule has 3 N–H and O–H groups in total. The molecular weight excluding hydrogens is 683 g/mol. The van der Waals surface area contributed by atoms with Crippen LogP contribution in [0.5, 0.6) is 0 Å². The molecule has 2 aromatic carbocycles. The summed E-state index contributed by atoms with van der Waals surface area (Å²) in [5.41, 5.74) is 5.70. The van der Waals surface area contributed by atoms with E-state index in [1.54, 1.807) is 25.1 Å². The van der Waals surface area contributed by atoms with Gasteiger partial charge in [0.1, 0.15) is 23.1 Å². The molecule has 0 saturated heterocycles. The molecule has 0 aliphatic heterocycles. The number of alkyl halides is 3. The molecule has 1 saturated carbocycles. The molecule has 0 radical (unpaired) electrons. The van der Waals surface area contributed by atoms with Crippen LogP contribution in [0.2, 0.25) is 0 Å². The first-order chi connectivity index (χ1) is 23.7. The molecule has 1 aliphatic carbocycles. The highest BCUT2D eigenvalue weighted by atomic mass is 32.2. The van der Waals surface area contributed by atoms with Crippen LogP contribution in [-0.4, -0.2) is 74.6 Å². The van der Waals surface area contributed by atoms with Crippen molar-refractivity contribution in [2.45, 2.75) is 68.6 Å². The van der Waals surface area contributed by atoms with Crippen LogP contribution < -0.4 is 10.5 Å². The molecule has 2 aromatic heterocycles. The fourth-order valence-corrected chi connectivity index (χ4v) is 7.68. The van der Waals surface area contributed by atoms with Crippen molar-refractivity contribution in [3.8, 4) is 11.3 Å². The van der Waals surface area contributed by atoms with Gasteiger partial charge >= 0.3 is 6.18 Å². The summed E-state index contributed by atoms with van der Waals surface area (Å²) in [6.07, 6.45) is 0.463. The molecule has 0 atom stereocenters. The molecule has 1 fully saturated rings. The van der Waals surface area contributed by atoms with Crippen LogP contribution in [0.25, 0.3) is 22.2 Å². The average Bonchev–Trinajstić information content (AvgIpc) is 3.48. The predicted octanol–water partition coefficient (Wildman–Crippen LogP) is 6.98. The molecule has 10 nitrogen and oxygen atoms in total. The summed E-state index contributed by atoms with van der Waals surface area (Å²) in [7, 11) is -1.36. The van der Waals surface area contributed by atoms with E-state index in [-0.39, 0.29) is 29.0 Å². The Morgan fingerprint density at radius 2 is 1.68 bits per heavy atom. The monoisotopic (exact) mass is 724 g/mol. The number of methoxy groups -OCH3 is 2. The largest absolute Gasteiger partial charge is 0.416 e. The summed E-state index contributed by atoms with van der Waals surface area (Å²) >= 11 is 0. The molecule has 0 bridgehead atoms. The Morgan fingerprint density at radius 3 is 2.28 bits per heavy atom. The van der Waals surface area contributed by atoms with Crippen LogP contribution in [0.1, 0.15) is 62.6 Å². The van der Waals surface area contributed by atoms with Crippen LogP contribution in [0, 0.1) is 11.6 Å². The second kappa shape index (κ2) is 15.2. The number of halogens is 5. The van der Waals surface area contributed by atoms with Crippen molar-refractivity contribution >= 4 is 32.4 Å². The number of nitrogen functional groups attached to an aromatic ring is 1. The van der Waals surface area contributed by atoms with Crippen molar-refractivity contribution in [2.75, 3.05) is 51.0 Å². The van der Waals surface area contributed by atoms with Crippen LogP contribution in [0.3, 0.4) is 0 Å². The molecule has 4 aromatic rings. The highest BCUT2D eigenvalue weighted by Crippen LogP contribution is 2.43. The van der Waals surface area contributed by atoms with E-state index in [4.69, 9.17) is 15.2 Å². The molecule has 0 unspecified atom stereocenters. The number of nitrogens with one attached hydrogen (secondary N) is 1. The van der Waals surface area contributed by atoms with Gasteiger partial charge in [0.15, 0.2) is 0 Å². The Morgan fingerprint density at radius 1 is 1.02 bits per heavy atom. The molecule has 0 spiro atoms. The number of hydrogen-bond donors (Lipinski definition) is 2.